The molecule has 0 bridgehead atoms. The van der Waals surface area contributed by atoms with Crippen LogP contribution in [0.15, 0.2) is 114 Å². The van der Waals surface area contributed by atoms with Gasteiger partial charge >= 0.3 is 0 Å². The van der Waals surface area contributed by atoms with E-state index in [0.717, 1.165) is 15.9 Å². The minimum atomic E-state index is -4.45. The van der Waals surface area contributed by atoms with Crippen LogP contribution in [0.1, 0.15) is 31.4 Å². The number of nitro benzene ring substituents is 1. The molecule has 240 valence electrons. The Labute approximate surface area is 267 Å². The Balaban J connectivity index is 1.84. The van der Waals surface area contributed by atoms with Gasteiger partial charge in [0, 0.05) is 36.7 Å². The van der Waals surface area contributed by atoms with E-state index in [1.165, 1.54) is 65.6 Å². The van der Waals surface area contributed by atoms with Gasteiger partial charge in [0.15, 0.2) is 0 Å². The Morgan fingerprint density at radius 2 is 1.54 bits per heavy atom. The van der Waals surface area contributed by atoms with E-state index in [1.807, 2.05) is 19.9 Å². The Morgan fingerprint density at radius 3 is 2.17 bits per heavy atom. The first kappa shape index (κ1) is 33.8. The summed E-state index contributed by atoms with van der Waals surface area (Å²) in [7, 11) is -4.45. The van der Waals surface area contributed by atoms with Crippen molar-refractivity contribution in [3.05, 3.63) is 136 Å². The van der Waals surface area contributed by atoms with Crippen LogP contribution >= 0.6 is 0 Å². The molecule has 0 heterocycles. The highest BCUT2D eigenvalue weighted by Gasteiger charge is 2.35. The molecular formula is C34H35FN4O6S. The molecule has 2 atom stereocenters. The number of anilines is 1. The zero-order chi connectivity index (χ0) is 33.3. The lowest BCUT2D eigenvalue weighted by Crippen LogP contribution is -2.54. The van der Waals surface area contributed by atoms with Crippen molar-refractivity contribution in [1.29, 1.82) is 0 Å². The van der Waals surface area contributed by atoms with Crippen LogP contribution in [-0.2, 0) is 32.6 Å². The van der Waals surface area contributed by atoms with Crippen molar-refractivity contribution in [1.82, 2.24) is 10.2 Å². The molecule has 0 fully saturated rings. The molecule has 12 heteroatoms. The molecule has 4 aromatic rings. The highest BCUT2D eigenvalue weighted by Crippen LogP contribution is 2.28. The molecule has 0 unspecified atom stereocenters. The lowest BCUT2D eigenvalue weighted by Gasteiger charge is -2.34. The zero-order valence-electron chi connectivity index (χ0n) is 25.5. The van der Waals surface area contributed by atoms with Gasteiger partial charge in [-0.1, -0.05) is 79.7 Å². The number of amides is 2. The maximum atomic E-state index is 15.0. The molecule has 10 nitrogen and oxygen atoms in total. The second-order valence-electron chi connectivity index (χ2n) is 10.7. The normalized spacial score (nSPS) is 12.5. The number of carbonyl (C=O) groups is 2. The monoisotopic (exact) mass is 646 g/mol. The number of nitrogens with zero attached hydrogens (tertiary/aromatic N) is 3. The van der Waals surface area contributed by atoms with Gasteiger partial charge in [-0.25, -0.2) is 12.8 Å². The molecule has 0 aromatic heterocycles. The molecule has 4 rings (SSSR count). The number of carbonyl (C=O) groups excluding carboxylic acids is 2. The molecule has 1 N–H and O–H groups in total. The standard InChI is InChI=1S/C34H35FN4O6S/c1-3-25(2)36-34(41)32(21-26-13-6-4-7-14-26)37(23-27-15-10-11-20-31(27)35)33(40)24-38(28-16-12-17-29(22-28)39(42)43)46(44,45)30-18-8-5-9-19-30/h4-20,22,25,32H,3,21,23-24H2,1-2H3,(H,36,41)/t25-,32+/m0/s1. The van der Waals surface area contributed by atoms with Crippen LogP contribution in [0.5, 0.6) is 0 Å². The van der Waals surface area contributed by atoms with Crippen molar-refractivity contribution in [2.75, 3.05) is 10.8 Å². The SMILES string of the molecule is CC[C@H](C)NC(=O)[C@@H](Cc1ccccc1)N(Cc1ccccc1F)C(=O)CN(c1cccc([N+](=O)[O-])c1)S(=O)(=O)c1ccccc1. The van der Waals surface area contributed by atoms with E-state index >= 15 is 4.39 Å². The summed E-state index contributed by atoms with van der Waals surface area (Å²) >= 11 is 0. The minimum Gasteiger partial charge on any atom is -0.352 e. The molecule has 0 aliphatic carbocycles. The van der Waals surface area contributed by atoms with Gasteiger partial charge in [0.25, 0.3) is 15.7 Å². The molecule has 0 aliphatic rings. The first-order chi connectivity index (χ1) is 22.0. The van der Waals surface area contributed by atoms with Crippen molar-refractivity contribution in [2.24, 2.45) is 0 Å². The van der Waals surface area contributed by atoms with Crippen LogP contribution in [0.2, 0.25) is 0 Å². The third-order valence-electron chi connectivity index (χ3n) is 7.51. The van der Waals surface area contributed by atoms with Crippen LogP contribution in [0.25, 0.3) is 0 Å². The van der Waals surface area contributed by atoms with E-state index in [2.05, 4.69) is 5.32 Å². The number of sulfonamides is 1. The van der Waals surface area contributed by atoms with Crippen LogP contribution in [-0.4, -0.2) is 48.7 Å². The predicted octanol–water partition coefficient (Wildman–Crippen LogP) is 5.48. The molecular weight excluding hydrogens is 611 g/mol. The molecule has 46 heavy (non-hydrogen) atoms. The highest BCUT2D eigenvalue weighted by molar-refractivity contribution is 7.92. The summed E-state index contributed by atoms with van der Waals surface area (Å²) in [5.41, 5.74) is 0.348. The van der Waals surface area contributed by atoms with Gasteiger partial charge in [-0.2, -0.15) is 0 Å². The summed E-state index contributed by atoms with van der Waals surface area (Å²) in [4.78, 5) is 40.2. The fourth-order valence-electron chi connectivity index (χ4n) is 4.82. The van der Waals surface area contributed by atoms with Gasteiger partial charge in [-0.15, -0.1) is 0 Å². The van der Waals surface area contributed by atoms with Gasteiger partial charge in [-0.05, 0) is 43.2 Å². The van der Waals surface area contributed by atoms with Crippen LogP contribution < -0.4 is 9.62 Å². The third-order valence-corrected chi connectivity index (χ3v) is 9.30. The number of nitro groups is 1. The zero-order valence-corrected chi connectivity index (χ0v) is 26.3. The molecule has 0 radical (unpaired) electrons. The Kier molecular flexibility index (Phi) is 11.2. The van der Waals surface area contributed by atoms with E-state index in [4.69, 9.17) is 0 Å². The number of nitrogens with one attached hydrogen (secondary N) is 1. The van der Waals surface area contributed by atoms with E-state index < -0.39 is 45.2 Å². The lowest BCUT2D eigenvalue weighted by molar-refractivity contribution is -0.384. The number of benzene rings is 4. The average molecular weight is 647 g/mol. The van der Waals surface area contributed by atoms with E-state index in [9.17, 15) is 28.1 Å². The van der Waals surface area contributed by atoms with E-state index in [-0.39, 0.29) is 40.8 Å². The van der Waals surface area contributed by atoms with Gasteiger partial charge in [0.05, 0.1) is 15.5 Å². The molecule has 0 aliphatic heterocycles. The smallest absolute Gasteiger partial charge is 0.271 e. The van der Waals surface area contributed by atoms with Crippen molar-refractivity contribution in [3.8, 4) is 0 Å². The second-order valence-corrected chi connectivity index (χ2v) is 12.6. The quantitative estimate of drug-likeness (QED) is 0.143. The average Bonchev–Trinajstić information content (AvgIpc) is 3.06. The van der Waals surface area contributed by atoms with Crippen molar-refractivity contribution < 1.29 is 27.3 Å². The summed E-state index contributed by atoms with van der Waals surface area (Å²) < 4.78 is 43.8. The maximum Gasteiger partial charge on any atom is 0.271 e. The highest BCUT2D eigenvalue weighted by atomic mass is 32.2. The van der Waals surface area contributed by atoms with Gasteiger partial charge in [0.1, 0.15) is 18.4 Å². The Bertz CT molecular complexity index is 1770. The predicted molar refractivity (Wildman–Crippen MR) is 173 cm³/mol. The maximum absolute atomic E-state index is 15.0. The first-order valence-electron chi connectivity index (χ1n) is 14.7. The van der Waals surface area contributed by atoms with E-state index in [1.54, 1.807) is 36.4 Å². The van der Waals surface area contributed by atoms with Gasteiger partial charge in [0.2, 0.25) is 11.8 Å². The summed E-state index contributed by atoms with van der Waals surface area (Å²) in [5, 5.41) is 14.5. The van der Waals surface area contributed by atoms with E-state index in [0.29, 0.717) is 6.42 Å². The minimum absolute atomic E-state index is 0.0611. The van der Waals surface area contributed by atoms with Crippen LogP contribution in [0.4, 0.5) is 15.8 Å². The number of halogens is 1. The topological polar surface area (TPSA) is 130 Å². The lowest BCUT2D eigenvalue weighted by atomic mass is 10.0. The van der Waals surface area contributed by atoms with Gasteiger partial charge < -0.3 is 10.2 Å². The van der Waals surface area contributed by atoms with Crippen LogP contribution in [0.3, 0.4) is 0 Å². The second kappa shape index (κ2) is 15.3. The molecule has 2 amide bonds. The summed E-state index contributed by atoms with van der Waals surface area (Å²) in [6.07, 6.45) is 0.673. The Hall–Kier alpha value is -5.10. The van der Waals surface area contributed by atoms with Crippen LogP contribution in [0, 0.1) is 15.9 Å². The summed E-state index contributed by atoms with van der Waals surface area (Å²) in [6.45, 7) is 2.54. The molecule has 0 saturated carbocycles. The van der Waals surface area contributed by atoms with Crippen molar-refractivity contribution in [3.63, 3.8) is 0 Å². The van der Waals surface area contributed by atoms with Gasteiger partial charge in [-0.3, -0.25) is 24.0 Å². The Morgan fingerprint density at radius 1 is 0.913 bits per heavy atom. The fourth-order valence-corrected chi connectivity index (χ4v) is 6.24. The number of hydrogen-bond donors (Lipinski definition) is 1. The largest absolute Gasteiger partial charge is 0.352 e. The number of non-ortho nitro benzene ring substituents is 1. The molecule has 0 saturated heterocycles. The number of hydrogen-bond acceptors (Lipinski definition) is 6. The summed E-state index contributed by atoms with van der Waals surface area (Å²) in [6, 6.07) is 25.7. The fraction of sp³-hybridized carbons (Fsp3) is 0.235. The third kappa shape index (κ3) is 8.33. The molecule has 0 spiro atoms. The summed E-state index contributed by atoms with van der Waals surface area (Å²) in [5.74, 6) is -1.90. The van der Waals surface area contributed by atoms with Crippen molar-refractivity contribution in [2.45, 2.75) is 50.2 Å². The molecule has 4 aromatic carbocycles. The first-order valence-corrected chi connectivity index (χ1v) is 16.1. The van der Waals surface area contributed by atoms with Crippen molar-refractivity contribution >= 4 is 33.2 Å². The number of rotatable bonds is 14.